The second-order valence-electron chi connectivity index (χ2n) is 3.94. The van der Waals surface area contributed by atoms with Crippen molar-refractivity contribution in [2.24, 2.45) is 0 Å². The first-order chi connectivity index (χ1) is 8.50. The number of nitrogens with zero attached hydrogens (tertiary/aromatic N) is 2. The maximum Gasteiger partial charge on any atom is 0.337 e. The highest BCUT2D eigenvalue weighted by Crippen LogP contribution is 2.12. The fourth-order valence-electron chi connectivity index (χ4n) is 1.91. The third-order valence-electron chi connectivity index (χ3n) is 2.76. The molecule has 0 saturated carbocycles. The molecular weight excluding hydrogens is 236 g/mol. The van der Waals surface area contributed by atoms with Gasteiger partial charge in [0, 0.05) is 11.8 Å². The second kappa shape index (κ2) is 4.48. The minimum atomic E-state index is -1.05. The smallest absolute Gasteiger partial charge is 0.337 e. The number of aryl methyl sites for hydroxylation is 1. The molecule has 0 unspecified atom stereocenters. The van der Waals surface area contributed by atoms with Crippen molar-refractivity contribution in [1.29, 1.82) is 0 Å². The van der Waals surface area contributed by atoms with Crippen LogP contribution in [0.3, 0.4) is 0 Å². The summed E-state index contributed by atoms with van der Waals surface area (Å²) >= 11 is 0. The van der Waals surface area contributed by atoms with Gasteiger partial charge in [-0.2, -0.15) is 0 Å². The molecule has 0 saturated heterocycles. The lowest BCUT2D eigenvalue weighted by Crippen LogP contribution is -2.26. The number of carboxylic acids is 1. The van der Waals surface area contributed by atoms with Crippen LogP contribution in [0.1, 0.15) is 27.5 Å². The van der Waals surface area contributed by atoms with Crippen molar-refractivity contribution in [2.75, 3.05) is 0 Å². The minimum absolute atomic E-state index is 0.123. The third kappa shape index (κ3) is 2.04. The van der Waals surface area contributed by atoms with Gasteiger partial charge in [0.05, 0.1) is 11.8 Å². The molecule has 0 amide bonds. The van der Waals surface area contributed by atoms with E-state index in [0.29, 0.717) is 17.1 Å². The fraction of sp³-hybridized carbons (Fsp3) is 0.250. The van der Waals surface area contributed by atoms with Gasteiger partial charge in [-0.25, -0.2) is 9.78 Å². The Balaban J connectivity index is 2.57. The molecule has 0 bridgehead atoms. The highest BCUT2D eigenvalue weighted by Gasteiger charge is 2.16. The van der Waals surface area contributed by atoms with Crippen LogP contribution in [-0.2, 0) is 6.54 Å². The number of oxazole rings is 1. The van der Waals surface area contributed by atoms with E-state index in [1.54, 1.807) is 13.8 Å². The number of aromatic carboxylic acids is 1. The Bertz CT molecular complexity index is 641. The first-order valence-corrected chi connectivity index (χ1v) is 5.33. The molecule has 0 fully saturated rings. The predicted octanol–water partition coefficient (Wildman–Crippen LogP) is 1.20. The van der Waals surface area contributed by atoms with Crippen LogP contribution < -0.4 is 5.56 Å². The lowest BCUT2D eigenvalue weighted by Gasteiger charge is -2.12. The molecule has 2 heterocycles. The summed E-state index contributed by atoms with van der Waals surface area (Å²) in [7, 11) is 0. The highest BCUT2D eigenvalue weighted by molar-refractivity contribution is 5.90. The van der Waals surface area contributed by atoms with Gasteiger partial charge >= 0.3 is 5.97 Å². The molecule has 0 atom stereocenters. The van der Waals surface area contributed by atoms with Gasteiger partial charge in [-0.05, 0) is 19.4 Å². The molecule has 2 aromatic heterocycles. The van der Waals surface area contributed by atoms with Crippen LogP contribution in [0.4, 0.5) is 0 Å². The zero-order valence-corrected chi connectivity index (χ0v) is 10.0. The summed E-state index contributed by atoms with van der Waals surface area (Å²) in [5.74, 6) is -0.688. The molecule has 1 N–H and O–H groups in total. The monoisotopic (exact) mass is 248 g/mol. The lowest BCUT2D eigenvalue weighted by atomic mass is 10.1. The average Bonchev–Trinajstić information content (AvgIpc) is 2.75. The summed E-state index contributed by atoms with van der Waals surface area (Å²) in [6.07, 6.45) is 2.88. The number of hydrogen-bond acceptors (Lipinski definition) is 4. The summed E-state index contributed by atoms with van der Waals surface area (Å²) in [6.45, 7) is 3.33. The van der Waals surface area contributed by atoms with E-state index in [2.05, 4.69) is 4.98 Å². The van der Waals surface area contributed by atoms with Crippen molar-refractivity contribution in [1.82, 2.24) is 9.55 Å². The maximum absolute atomic E-state index is 11.9. The van der Waals surface area contributed by atoms with E-state index in [1.165, 1.54) is 23.1 Å². The Labute approximate surface area is 103 Å². The van der Waals surface area contributed by atoms with E-state index in [1.807, 2.05) is 0 Å². The molecule has 94 valence electrons. The zero-order valence-electron chi connectivity index (χ0n) is 10.0. The van der Waals surface area contributed by atoms with Crippen LogP contribution in [0, 0.1) is 13.8 Å². The van der Waals surface area contributed by atoms with E-state index < -0.39 is 5.97 Å². The van der Waals surface area contributed by atoms with E-state index in [9.17, 15) is 9.59 Å². The number of rotatable bonds is 3. The molecule has 6 nitrogen and oxygen atoms in total. The number of aromatic nitrogens is 2. The molecule has 0 aliphatic heterocycles. The Hall–Kier alpha value is -2.37. The van der Waals surface area contributed by atoms with Crippen molar-refractivity contribution in [3.63, 3.8) is 0 Å². The second-order valence-corrected chi connectivity index (χ2v) is 3.94. The SMILES string of the molecule is Cc1cc(=O)n(Cc2ncco2)c(C)c1C(=O)O. The molecule has 18 heavy (non-hydrogen) atoms. The largest absolute Gasteiger partial charge is 0.478 e. The molecule has 6 heteroatoms. The predicted molar refractivity (Wildman–Crippen MR) is 62.7 cm³/mol. The van der Waals surface area contributed by atoms with Gasteiger partial charge in [-0.15, -0.1) is 0 Å². The lowest BCUT2D eigenvalue weighted by molar-refractivity contribution is 0.0694. The molecule has 0 aliphatic rings. The maximum atomic E-state index is 11.9. The molecular formula is C12H12N2O4. The standard InChI is InChI=1S/C12H12N2O4/c1-7-5-10(15)14(6-9-13-3-4-18-9)8(2)11(7)12(16)17/h3-5H,6H2,1-2H3,(H,16,17). The number of pyridine rings is 1. The van der Waals surface area contributed by atoms with E-state index >= 15 is 0 Å². The van der Waals surface area contributed by atoms with Crippen LogP contribution in [0.2, 0.25) is 0 Å². The van der Waals surface area contributed by atoms with Gasteiger partial charge in [0.25, 0.3) is 5.56 Å². The van der Waals surface area contributed by atoms with Gasteiger partial charge in [0.15, 0.2) is 0 Å². The van der Waals surface area contributed by atoms with Crippen molar-refractivity contribution < 1.29 is 14.3 Å². The molecule has 0 spiro atoms. The Morgan fingerprint density at radius 1 is 1.50 bits per heavy atom. The van der Waals surface area contributed by atoms with Crippen LogP contribution in [0.25, 0.3) is 0 Å². The van der Waals surface area contributed by atoms with E-state index in [-0.39, 0.29) is 17.7 Å². The quantitative estimate of drug-likeness (QED) is 0.882. The summed E-state index contributed by atoms with van der Waals surface area (Å²) in [5.41, 5.74) is 0.716. The Morgan fingerprint density at radius 3 is 2.78 bits per heavy atom. The number of carbonyl (C=O) groups is 1. The summed E-state index contributed by atoms with van der Waals surface area (Å²) in [4.78, 5) is 26.9. The van der Waals surface area contributed by atoms with Crippen molar-refractivity contribution >= 4 is 5.97 Å². The Morgan fingerprint density at radius 2 is 2.22 bits per heavy atom. The highest BCUT2D eigenvalue weighted by atomic mass is 16.4. The van der Waals surface area contributed by atoms with Crippen LogP contribution in [0.15, 0.2) is 27.7 Å². The van der Waals surface area contributed by atoms with Gasteiger partial charge in [0.2, 0.25) is 5.89 Å². The van der Waals surface area contributed by atoms with Crippen LogP contribution in [-0.4, -0.2) is 20.6 Å². The van der Waals surface area contributed by atoms with Crippen LogP contribution >= 0.6 is 0 Å². The van der Waals surface area contributed by atoms with E-state index in [4.69, 9.17) is 9.52 Å². The first kappa shape index (κ1) is 12.1. The third-order valence-corrected chi connectivity index (χ3v) is 2.76. The minimum Gasteiger partial charge on any atom is -0.478 e. The topological polar surface area (TPSA) is 85.3 Å². The van der Waals surface area contributed by atoms with Crippen molar-refractivity contribution in [3.8, 4) is 0 Å². The van der Waals surface area contributed by atoms with Crippen molar-refractivity contribution in [2.45, 2.75) is 20.4 Å². The molecule has 0 aliphatic carbocycles. The first-order valence-electron chi connectivity index (χ1n) is 5.33. The molecule has 2 aromatic rings. The number of hydrogen-bond donors (Lipinski definition) is 1. The molecule has 0 radical (unpaired) electrons. The van der Waals surface area contributed by atoms with Gasteiger partial charge in [-0.1, -0.05) is 0 Å². The van der Waals surface area contributed by atoms with Gasteiger partial charge in [0.1, 0.15) is 12.8 Å². The Kier molecular flexibility index (Phi) is 3.01. The molecule has 0 aromatic carbocycles. The summed E-state index contributed by atoms with van der Waals surface area (Å²) in [5, 5.41) is 9.13. The normalized spacial score (nSPS) is 10.6. The zero-order chi connectivity index (χ0) is 13.3. The van der Waals surface area contributed by atoms with Gasteiger partial charge in [-0.3, -0.25) is 4.79 Å². The van der Waals surface area contributed by atoms with E-state index in [0.717, 1.165) is 0 Å². The van der Waals surface area contributed by atoms with Crippen LogP contribution in [0.5, 0.6) is 0 Å². The van der Waals surface area contributed by atoms with Gasteiger partial charge < -0.3 is 14.1 Å². The fourth-order valence-corrected chi connectivity index (χ4v) is 1.91. The average molecular weight is 248 g/mol. The number of carboxylic acid groups (broad SMARTS) is 1. The summed E-state index contributed by atoms with van der Waals surface area (Å²) < 4.78 is 6.40. The molecule has 2 rings (SSSR count). The van der Waals surface area contributed by atoms with Crippen molar-refractivity contribution in [3.05, 3.63) is 51.6 Å². The summed E-state index contributed by atoms with van der Waals surface area (Å²) in [6, 6.07) is 1.30.